The van der Waals surface area contributed by atoms with E-state index in [2.05, 4.69) is 21.7 Å². The van der Waals surface area contributed by atoms with Gasteiger partial charge in [0.2, 0.25) is 0 Å². The largest absolute Gasteiger partial charge is 0.486 e. The van der Waals surface area contributed by atoms with Gasteiger partial charge in [-0.3, -0.25) is 0 Å². The molecule has 6 rings (SSSR count). The second-order valence-corrected chi connectivity index (χ2v) is 12.0. The predicted octanol–water partition coefficient (Wildman–Crippen LogP) is 2.47. The molecule has 0 aliphatic carbocycles. The van der Waals surface area contributed by atoms with Gasteiger partial charge in [-0.25, -0.2) is 15.0 Å². The summed E-state index contributed by atoms with van der Waals surface area (Å²) in [5.74, 6) is 2.93. The van der Waals surface area contributed by atoms with Crippen molar-refractivity contribution in [2.45, 2.75) is 67.8 Å². The highest BCUT2D eigenvalue weighted by atomic mass is 32.2. The van der Waals surface area contributed by atoms with Crippen molar-refractivity contribution in [3.05, 3.63) is 24.2 Å². The minimum Gasteiger partial charge on any atom is -0.486 e. The number of ether oxygens (including phenoxy) is 3. The highest BCUT2D eigenvalue weighted by molar-refractivity contribution is 7.99. The Bertz CT molecular complexity index is 1150. The summed E-state index contributed by atoms with van der Waals surface area (Å²) in [4.78, 5) is 19.8. The second-order valence-electron chi connectivity index (χ2n) is 11.0. The number of anilines is 2. The van der Waals surface area contributed by atoms with Crippen LogP contribution in [0.3, 0.4) is 0 Å². The third kappa shape index (κ3) is 4.72. The number of rotatable bonds is 7. The van der Waals surface area contributed by atoms with Gasteiger partial charge in [-0.05, 0) is 39.2 Å². The van der Waals surface area contributed by atoms with Gasteiger partial charge in [0.25, 0.3) is 0 Å². The molecule has 2 aromatic rings. The molecule has 4 aliphatic heterocycles. The molecule has 4 aliphatic rings. The Morgan fingerprint density at radius 1 is 1.26 bits per heavy atom. The number of aliphatic hydroxyl groups is 1. The van der Waals surface area contributed by atoms with Crippen molar-refractivity contribution >= 4 is 23.4 Å². The van der Waals surface area contributed by atoms with Gasteiger partial charge in [0.1, 0.15) is 17.3 Å². The van der Waals surface area contributed by atoms with E-state index in [9.17, 15) is 5.11 Å². The fourth-order valence-corrected chi connectivity index (χ4v) is 7.29. The van der Waals surface area contributed by atoms with E-state index in [1.165, 1.54) is 11.8 Å². The minimum atomic E-state index is -0.167. The first-order valence-electron chi connectivity index (χ1n) is 13.7. The van der Waals surface area contributed by atoms with Crippen LogP contribution in [0, 0.1) is 11.3 Å². The fourth-order valence-electron chi connectivity index (χ4n) is 6.43. The zero-order valence-electron chi connectivity index (χ0n) is 22.2. The molecule has 11 heteroatoms. The van der Waals surface area contributed by atoms with Crippen molar-refractivity contribution in [3.63, 3.8) is 0 Å². The molecule has 6 heterocycles. The Morgan fingerprint density at radius 2 is 2.11 bits per heavy atom. The Kier molecular flexibility index (Phi) is 7.38. The zero-order valence-corrected chi connectivity index (χ0v) is 23.0. The molecule has 1 spiro atoms. The maximum Gasteiger partial charge on any atom is 0.175 e. The number of nitrogens with zero attached hydrogens (tertiary/aromatic N) is 5. The summed E-state index contributed by atoms with van der Waals surface area (Å²) in [6.07, 6.45) is 6.68. The van der Waals surface area contributed by atoms with Crippen molar-refractivity contribution in [2.24, 2.45) is 17.1 Å². The summed E-state index contributed by atoms with van der Waals surface area (Å²) in [5.41, 5.74) is 7.12. The van der Waals surface area contributed by atoms with Crippen LogP contribution in [0.1, 0.15) is 38.8 Å². The first kappa shape index (κ1) is 26.1. The molecule has 4 atom stereocenters. The molecule has 3 saturated heterocycles. The summed E-state index contributed by atoms with van der Waals surface area (Å²) < 4.78 is 17.8. The number of hydrogen-bond donors (Lipinski definition) is 2. The van der Waals surface area contributed by atoms with Crippen molar-refractivity contribution in [1.29, 1.82) is 0 Å². The number of aliphatic hydroxyl groups excluding tert-OH is 1. The van der Waals surface area contributed by atoms with E-state index < -0.39 is 0 Å². The maximum atomic E-state index is 10.2. The Morgan fingerprint density at radius 3 is 2.84 bits per heavy atom. The van der Waals surface area contributed by atoms with Crippen molar-refractivity contribution in [3.8, 4) is 5.75 Å². The summed E-state index contributed by atoms with van der Waals surface area (Å²) in [5, 5.41) is 10.9. The topological polar surface area (TPSA) is 119 Å². The normalized spacial score (nSPS) is 27.9. The number of aromatic nitrogens is 3. The van der Waals surface area contributed by atoms with E-state index >= 15 is 0 Å². The average molecular weight is 543 g/mol. The Balaban J connectivity index is 1.16. The quantitative estimate of drug-likeness (QED) is 0.537. The van der Waals surface area contributed by atoms with Crippen LogP contribution >= 0.6 is 11.8 Å². The molecular weight excluding hydrogens is 504 g/mol. The third-order valence-electron chi connectivity index (χ3n) is 8.67. The van der Waals surface area contributed by atoms with Crippen LogP contribution < -0.4 is 20.3 Å². The van der Waals surface area contributed by atoms with E-state index in [4.69, 9.17) is 29.9 Å². The molecule has 0 amide bonds. The molecule has 0 unspecified atom stereocenters. The average Bonchev–Trinajstić information content (AvgIpc) is 3.49. The predicted molar refractivity (Wildman–Crippen MR) is 145 cm³/mol. The monoisotopic (exact) mass is 542 g/mol. The van der Waals surface area contributed by atoms with Gasteiger partial charge in [0.05, 0.1) is 43.1 Å². The van der Waals surface area contributed by atoms with E-state index in [0.29, 0.717) is 24.3 Å². The number of piperidine rings is 1. The lowest BCUT2D eigenvalue weighted by molar-refractivity contribution is 0.0973. The molecular formula is C27H38N6O4S. The molecule has 3 N–H and O–H groups in total. The highest BCUT2D eigenvalue weighted by Crippen LogP contribution is 2.45. The van der Waals surface area contributed by atoms with Crippen LogP contribution in [0.4, 0.5) is 11.6 Å². The first-order chi connectivity index (χ1) is 18.5. The molecule has 0 radical (unpaired) electrons. The van der Waals surface area contributed by atoms with Gasteiger partial charge in [0, 0.05) is 49.8 Å². The summed E-state index contributed by atoms with van der Waals surface area (Å²) in [7, 11) is 0. The molecule has 10 nitrogen and oxygen atoms in total. The van der Waals surface area contributed by atoms with Crippen LogP contribution in [0.2, 0.25) is 0 Å². The summed E-state index contributed by atoms with van der Waals surface area (Å²) in [6.45, 7) is 9.39. The Labute approximate surface area is 228 Å². The van der Waals surface area contributed by atoms with Gasteiger partial charge in [-0.2, -0.15) is 0 Å². The van der Waals surface area contributed by atoms with Crippen LogP contribution in [-0.2, 0) is 16.1 Å². The van der Waals surface area contributed by atoms with Crippen LogP contribution in [0.25, 0.3) is 0 Å². The maximum absolute atomic E-state index is 10.2. The standard InChI is InChI=1S/C27H38N6O4S/c1-3-35-14-18-10-19-15-36-23-21(4-7-29-26(23)33(19)12-18)38-22-11-30-25(20(13-34)31-22)32-8-5-27(6-9-32)16-37-17(2)24(27)28/h4,7,11,17-19,24,34H,3,5-6,8-10,12-16,28H2,1-2H3/t17-,18+,19+,24+/m0/s1. The molecule has 2 aromatic heterocycles. The number of hydrogen-bond acceptors (Lipinski definition) is 11. The molecule has 0 bridgehead atoms. The lowest BCUT2D eigenvalue weighted by Gasteiger charge is -2.41. The van der Waals surface area contributed by atoms with Crippen molar-refractivity contribution in [2.75, 3.05) is 55.9 Å². The van der Waals surface area contributed by atoms with Gasteiger partial charge >= 0.3 is 0 Å². The SMILES string of the molecule is CCOC[C@@H]1C[C@@H]2COc3c(Sc4cnc(N5CCC6(CC5)CO[C@@H](C)[C@H]6N)c(CO)n4)ccnc3N2C1. The van der Waals surface area contributed by atoms with Crippen LogP contribution in [-0.4, -0.2) is 84.3 Å². The minimum absolute atomic E-state index is 0.0380. The number of fused-ring (bicyclic) bond motifs is 3. The van der Waals surface area contributed by atoms with E-state index in [1.807, 2.05) is 19.2 Å². The third-order valence-corrected chi connectivity index (χ3v) is 9.62. The fraction of sp³-hybridized carbons (Fsp3) is 0.667. The van der Waals surface area contributed by atoms with Gasteiger partial charge in [-0.15, -0.1) is 0 Å². The molecule has 38 heavy (non-hydrogen) atoms. The summed E-state index contributed by atoms with van der Waals surface area (Å²) in [6, 6.07) is 2.36. The Hall–Kier alpha value is -2.18. The second kappa shape index (κ2) is 10.8. The lowest BCUT2D eigenvalue weighted by Crippen LogP contribution is -2.51. The molecule has 206 valence electrons. The van der Waals surface area contributed by atoms with Crippen LogP contribution in [0.15, 0.2) is 28.4 Å². The smallest absolute Gasteiger partial charge is 0.175 e. The molecule has 0 aromatic carbocycles. The van der Waals surface area contributed by atoms with E-state index in [-0.39, 0.29) is 24.2 Å². The molecule has 0 saturated carbocycles. The highest BCUT2D eigenvalue weighted by Gasteiger charge is 2.48. The van der Waals surface area contributed by atoms with Gasteiger partial charge in [0.15, 0.2) is 17.4 Å². The first-order valence-corrected chi connectivity index (χ1v) is 14.6. The lowest BCUT2D eigenvalue weighted by atomic mass is 9.73. The van der Waals surface area contributed by atoms with Crippen molar-refractivity contribution in [1.82, 2.24) is 15.0 Å². The van der Waals surface area contributed by atoms with Gasteiger partial charge in [-0.1, -0.05) is 11.8 Å². The van der Waals surface area contributed by atoms with E-state index in [1.54, 1.807) is 6.20 Å². The zero-order chi connectivity index (χ0) is 26.3. The van der Waals surface area contributed by atoms with Gasteiger partial charge < -0.3 is 34.9 Å². The number of nitrogens with two attached hydrogens (primary N) is 1. The van der Waals surface area contributed by atoms with Crippen LogP contribution in [0.5, 0.6) is 5.75 Å². The van der Waals surface area contributed by atoms with Crippen molar-refractivity contribution < 1.29 is 19.3 Å². The molecule has 3 fully saturated rings. The van der Waals surface area contributed by atoms with E-state index in [0.717, 1.165) is 86.0 Å². The number of pyridine rings is 1. The summed E-state index contributed by atoms with van der Waals surface area (Å²) >= 11 is 1.50.